The van der Waals surface area contributed by atoms with E-state index < -0.39 is 0 Å². The van der Waals surface area contributed by atoms with Crippen LogP contribution in [0.3, 0.4) is 0 Å². The number of aliphatic hydroxyl groups excluding tert-OH is 1. The fourth-order valence-electron chi connectivity index (χ4n) is 2.97. The first-order valence-corrected chi connectivity index (χ1v) is 7.52. The van der Waals surface area contributed by atoms with Gasteiger partial charge in [-0.25, -0.2) is 0 Å². The molecule has 0 amide bonds. The number of nitrogens with one attached hydrogen (secondary N) is 1. The van der Waals surface area contributed by atoms with Crippen molar-refractivity contribution in [3.8, 4) is 0 Å². The Morgan fingerprint density at radius 2 is 2.32 bits per heavy atom. The Bertz CT molecular complexity index is 355. The fraction of sp³-hybridized carbons (Fsp3) is 0.688. The highest BCUT2D eigenvalue weighted by molar-refractivity contribution is 5.04. The van der Waals surface area contributed by atoms with Crippen LogP contribution in [0.4, 0.5) is 0 Å². The number of rotatable bonds is 6. The minimum atomic E-state index is 0.228. The molecule has 0 spiro atoms. The molecular weight excluding hydrogens is 236 g/mol. The van der Waals surface area contributed by atoms with Crippen molar-refractivity contribution in [2.75, 3.05) is 13.2 Å². The minimum Gasteiger partial charge on any atom is -0.396 e. The summed E-state index contributed by atoms with van der Waals surface area (Å²) in [6.07, 6.45) is 7.94. The molecule has 3 nitrogen and oxygen atoms in total. The number of aliphatic hydroxyl groups is 1. The normalized spacial score (nSPS) is 25.2. The van der Waals surface area contributed by atoms with Crippen LogP contribution in [0.2, 0.25) is 0 Å². The van der Waals surface area contributed by atoms with Gasteiger partial charge in [0.1, 0.15) is 0 Å². The fourth-order valence-corrected chi connectivity index (χ4v) is 2.97. The van der Waals surface area contributed by atoms with Crippen LogP contribution in [0.25, 0.3) is 0 Å². The van der Waals surface area contributed by atoms with Crippen molar-refractivity contribution in [2.45, 2.75) is 45.1 Å². The quantitative estimate of drug-likeness (QED) is 0.827. The molecule has 1 aromatic heterocycles. The van der Waals surface area contributed by atoms with Crippen LogP contribution in [0, 0.1) is 11.8 Å². The Morgan fingerprint density at radius 1 is 1.42 bits per heavy atom. The van der Waals surface area contributed by atoms with E-state index in [0.29, 0.717) is 6.04 Å². The van der Waals surface area contributed by atoms with Crippen molar-refractivity contribution >= 4 is 0 Å². The molecule has 106 valence electrons. The van der Waals surface area contributed by atoms with Gasteiger partial charge in [0.25, 0.3) is 0 Å². The number of hydrogen-bond acceptors (Lipinski definition) is 3. The summed E-state index contributed by atoms with van der Waals surface area (Å²) in [5.41, 5.74) is 1.07. The second-order valence-corrected chi connectivity index (χ2v) is 5.95. The van der Waals surface area contributed by atoms with E-state index in [1.807, 2.05) is 24.4 Å². The van der Waals surface area contributed by atoms with Crippen LogP contribution >= 0.6 is 0 Å². The van der Waals surface area contributed by atoms with Crippen molar-refractivity contribution in [3.05, 3.63) is 30.1 Å². The zero-order chi connectivity index (χ0) is 13.5. The summed E-state index contributed by atoms with van der Waals surface area (Å²) >= 11 is 0. The van der Waals surface area contributed by atoms with Crippen LogP contribution in [0.1, 0.15) is 38.3 Å². The van der Waals surface area contributed by atoms with E-state index in [1.165, 1.54) is 25.7 Å². The predicted molar refractivity (Wildman–Crippen MR) is 77.9 cm³/mol. The van der Waals surface area contributed by atoms with E-state index in [9.17, 15) is 5.11 Å². The summed E-state index contributed by atoms with van der Waals surface area (Å²) in [6.45, 7) is 3.46. The lowest BCUT2D eigenvalue weighted by atomic mass is 9.87. The molecule has 3 atom stereocenters. The van der Waals surface area contributed by atoms with Crippen molar-refractivity contribution in [3.63, 3.8) is 0 Å². The summed E-state index contributed by atoms with van der Waals surface area (Å²) in [4.78, 5) is 4.33. The van der Waals surface area contributed by atoms with Gasteiger partial charge in [-0.2, -0.15) is 0 Å². The summed E-state index contributed by atoms with van der Waals surface area (Å²) < 4.78 is 0. The first-order chi connectivity index (χ1) is 9.28. The number of nitrogens with zero attached hydrogens (tertiary/aromatic N) is 1. The van der Waals surface area contributed by atoms with Crippen LogP contribution in [-0.4, -0.2) is 29.3 Å². The monoisotopic (exact) mass is 262 g/mol. The molecule has 3 heteroatoms. The van der Waals surface area contributed by atoms with E-state index in [-0.39, 0.29) is 12.5 Å². The van der Waals surface area contributed by atoms with E-state index in [4.69, 9.17) is 0 Å². The van der Waals surface area contributed by atoms with Gasteiger partial charge in [-0.1, -0.05) is 25.8 Å². The standard InChI is InChI=1S/C16H26N2O/c1-13-5-4-7-15(9-13)18-11-14(12-19)10-16-6-2-3-8-17-16/h2-3,6,8,13-15,18-19H,4-5,7,9-12H2,1H3. The molecule has 1 heterocycles. The maximum atomic E-state index is 9.50. The first kappa shape index (κ1) is 14.5. The number of aromatic nitrogens is 1. The maximum Gasteiger partial charge on any atom is 0.0475 e. The molecule has 1 saturated carbocycles. The molecule has 0 radical (unpaired) electrons. The topological polar surface area (TPSA) is 45.1 Å². The second kappa shape index (κ2) is 7.61. The molecule has 0 saturated heterocycles. The third-order valence-electron chi connectivity index (χ3n) is 4.11. The van der Waals surface area contributed by atoms with E-state index in [0.717, 1.165) is 24.6 Å². The SMILES string of the molecule is CC1CCCC(NCC(CO)Cc2ccccn2)C1. The molecule has 0 bridgehead atoms. The zero-order valence-corrected chi connectivity index (χ0v) is 11.9. The molecule has 1 aromatic rings. The van der Waals surface area contributed by atoms with E-state index in [1.54, 1.807) is 0 Å². The Labute approximate surface area is 116 Å². The summed E-state index contributed by atoms with van der Waals surface area (Å²) in [7, 11) is 0. The smallest absolute Gasteiger partial charge is 0.0475 e. The Balaban J connectivity index is 1.76. The number of hydrogen-bond donors (Lipinski definition) is 2. The van der Waals surface area contributed by atoms with Crippen LogP contribution < -0.4 is 5.32 Å². The molecule has 0 aliphatic heterocycles. The summed E-state index contributed by atoms with van der Waals surface area (Å²) in [6, 6.07) is 6.61. The van der Waals surface area contributed by atoms with Gasteiger partial charge in [-0.3, -0.25) is 4.98 Å². The molecule has 2 rings (SSSR count). The Hall–Kier alpha value is -0.930. The lowest BCUT2D eigenvalue weighted by Gasteiger charge is -2.29. The molecule has 19 heavy (non-hydrogen) atoms. The van der Waals surface area contributed by atoms with Gasteiger partial charge in [-0.05, 0) is 43.2 Å². The predicted octanol–water partition coefficient (Wildman–Crippen LogP) is 2.40. The zero-order valence-electron chi connectivity index (χ0n) is 11.9. The van der Waals surface area contributed by atoms with Crippen molar-refractivity contribution < 1.29 is 5.11 Å². The maximum absolute atomic E-state index is 9.50. The largest absolute Gasteiger partial charge is 0.396 e. The average Bonchev–Trinajstić information content (AvgIpc) is 2.44. The third-order valence-corrected chi connectivity index (χ3v) is 4.11. The summed E-state index contributed by atoms with van der Waals surface area (Å²) in [5.74, 6) is 1.11. The Morgan fingerprint density at radius 3 is 3.00 bits per heavy atom. The third kappa shape index (κ3) is 4.92. The molecule has 1 fully saturated rings. The van der Waals surface area contributed by atoms with E-state index >= 15 is 0 Å². The van der Waals surface area contributed by atoms with E-state index in [2.05, 4.69) is 17.2 Å². The van der Waals surface area contributed by atoms with Crippen molar-refractivity contribution in [1.82, 2.24) is 10.3 Å². The van der Waals surface area contributed by atoms with Crippen LogP contribution in [-0.2, 0) is 6.42 Å². The molecule has 1 aliphatic carbocycles. The summed E-state index contributed by atoms with van der Waals surface area (Å²) in [5, 5.41) is 13.1. The molecule has 0 aromatic carbocycles. The van der Waals surface area contributed by atoms with Crippen molar-refractivity contribution in [2.24, 2.45) is 11.8 Å². The highest BCUT2D eigenvalue weighted by atomic mass is 16.3. The highest BCUT2D eigenvalue weighted by Crippen LogP contribution is 2.23. The number of pyridine rings is 1. The Kier molecular flexibility index (Phi) is 5.80. The average molecular weight is 262 g/mol. The highest BCUT2D eigenvalue weighted by Gasteiger charge is 2.19. The van der Waals surface area contributed by atoms with Gasteiger partial charge in [0.05, 0.1) is 0 Å². The lowest BCUT2D eigenvalue weighted by molar-refractivity contribution is 0.208. The van der Waals surface area contributed by atoms with Gasteiger partial charge in [0.2, 0.25) is 0 Å². The molecule has 1 aliphatic rings. The van der Waals surface area contributed by atoms with Gasteiger partial charge in [0.15, 0.2) is 0 Å². The minimum absolute atomic E-state index is 0.228. The van der Waals surface area contributed by atoms with Crippen molar-refractivity contribution in [1.29, 1.82) is 0 Å². The van der Waals surface area contributed by atoms with Gasteiger partial charge >= 0.3 is 0 Å². The molecule has 3 unspecified atom stereocenters. The second-order valence-electron chi connectivity index (χ2n) is 5.95. The molecular formula is C16H26N2O. The lowest BCUT2D eigenvalue weighted by Crippen LogP contribution is -2.38. The van der Waals surface area contributed by atoms with Gasteiger partial charge in [-0.15, -0.1) is 0 Å². The van der Waals surface area contributed by atoms with Crippen LogP contribution in [0.5, 0.6) is 0 Å². The van der Waals surface area contributed by atoms with Gasteiger partial charge < -0.3 is 10.4 Å². The molecule has 2 N–H and O–H groups in total. The van der Waals surface area contributed by atoms with Crippen LogP contribution in [0.15, 0.2) is 24.4 Å². The van der Waals surface area contributed by atoms with Gasteiger partial charge in [0, 0.05) is 31.1 Å². The first-order valence-electron chi connectivity index (χ1n) is 7.52.